The number of ether oxygens (including phenoxy) is 6. The van der Waals surface area contributed by atoms with Crippen molar-refractivity contribution in [3.63, 3.8) is 0 Å². The molecule has 3 aliphatic carbocycles. The van der Waals surface area contributed by atoms with E-state index in [1.807, 2.05) is 0 Å². The molecule has 274 valence electrons. The van der Waals surface area contributed by atoms with Crippen LogP contribution in [-0.4, -0.2) is 147 Å². The number of aliphatic hydroxyl groups is 7. The third-order valence-corrected chi connectivity index (χ3v) is 11.9. The molecule has 3 saturated heterocycles. The van der Waals surface area contributed by atoms with E-state index in [9.17, 15) is 54.9 Å². The van der Waals surface area contributed by atoms with Gasteiger partial charge in [-0.2, -0.15) is 0 Å². The van der Waals surface area contributed by atoms with Gasteiger partial charge in [0.1, 0.15) is 42.7 Å². The minimum atomic E-state index is -2.39. The van der Waals surface area contributed by atoms with Gasteiger partial charge in [0.2, 0.25) is 23.8 Å². The van der Waals surface area contributed by atoms with Crippen LogP contribution in [0.1, 0.15) is 40.5 Å². The molecule has 2 saturated carbocycles. The van der Waals surface area contributed by atoms with Crippen molar-refractivity contribution in [1.82, 2.24) is 0 Å². The predicted octanol–water partition coefficient (Wildman–Crippen LogP) is -3.17. The van der Waals surface area contributed by atoms with E-state index in [0.717, 1.165) is 7.11 Å². The first kappa shape index (κ1) is 36.1. The number of allylic oxidation sites excluding steroid dienone is 1. The zero-order valence-corrected chi connectivity index (χ0v) is 27.6. The highest BCUT2D eigenvalue weighted by molar-refractivity contribution is 5.99. The topological polar surface area (TPSA) is 265 Å². The summed E-state index contributed by atoms with van der Waals surface area (Å²) < 4.78 is 33.9. The molecule has 1 unspecified atom stereocenters. The van der Waals surface area contributed by atoms with Crippen LogP contribution in [0.5, 0.6) is 0 Å². The Morgan fingerprint density at radius 3 is 2.29 bits per heavy atom. The third-order valence-electron chi connectivity index (χ3n) is 11.9. The van der Waals surface area contributed by atoms with Gasteiger partial charge in [-0.25, -0.2) is 9.59 Å². The molecule has 17 nitrogen and oxygen atoms in total. The van der Waals surface area contributed by atoms with Crippen LogP contribution in [0, 0.1) is 34.5 Å². The molecule has 17 heteroatoms. The highest BCUT2D eigenvalue weighted by atomic mass is 16.7. The van der Waals surface area contributed by atoms with Crippen LogP contribution in [0.25, 0.3) is 0 Å². The molecule has 16 atom stereocenters. The Bertz CT molecular complexity index is 1430. The summed E-state index contributed by atoms with van der Waals surface area (Å²) in [5.41, 5.74) is -5.47. The van der Waals surface area contributed by atoms with Gasteiger partial charge >= 0.3 is 17.9 Å². The maximum absolute atomic E-state index is 14.0. The minimum Gasteiger partial charge on any atom is -0.467 e. The van der Waals surface area contributed by atoms with Gasteiger partial charge in [0, 0.05) is 23.2 Å². The summed E-state index contributed by atoms with van der Waals surface area (Å²) in [4.78, 5) is 54.3. The molecule has 0 radical (unpaired) electrons. The van der Waals surface area contributed by atoms with Gasteiger partial charge in [-0.3, -0.25) is 9.59 Å². The summed E-state index contributed by atoms with van der Waals surface area (Å²) in [6, 6.07) is 0. The predicted molar refractivity (Wildman–Crippen MR) is 156 cm³/mol. The number of aliphatic hydroxyl groups excluding tert-OH is 7. The quantitative estimate of drug-likeness (QED) is 0.102. The molecule has 3 heterocycles. The molecule has 0 amide bonds. The number of carbonyl (C=O) groups excluding carboxylic acids is 4. The van der Waals surface area contributed by atoms with Gasteiger partial charge in [-0.15, -0.1) is 0 Å². The van der Waals surface area contributed by atoms with Crippen molar-refractivity contribution in [3.8, 4) is 0 Å². The molecule has 6 aliphatic rings. The van der Waals surface area contributed by atoms with Gasteiger partial charge in [0.15, 0.2) is 5.76 Å². The molecular formula is C32H44O17. The maximum Gasteiger partial charge on any atom is 0.348 e. The van der Waals surface area contributed by atoms with Crippen LogP contribution in [0.2, 0.25) is 0 Å². The van der Waals surface area contributed by atoms with E-state index in [-0.39, 0.29) is 24.3 Å². The number of Topliss-reactive ketones (excluding diaryl/α,β-unsaturated/α-hetero) is 1. The van der Waals surface area contributed by atoms with Crippen LogP contribution < -0.4 is 0 Å². The molecule has 6 rings (SSSR count). The van der Waals surface area contributed by atoms with Gasteiger partial charge < -0.3 is 64.2 Å². The molecule has 5 fully saturated rings. The maximum atomic E-state index is 14.0. The highest BCUT2D eigenvalue weighted by Gasteiger charge is 2.86. The Hall–Kier alpha value is -2.74. The Morgan fingerprint density at radius 2 is 1.67 bits per heavy atom. The fraction of sp³-hybridized carbons (Fsp3) is 0.812. The lowest BCUT2D eigenvalue weighted by atomic mass is 9.37. The second kappa shape index (κ2) is 12.2. The Labute approximate surface area is 280 Å². The summed E-state index contributed by atoms with van der Waals surface area (Å²) >= 11 is 0. The van der Waals surface area contributed by atoms with Crippen LogP contribution in [0.15, 0.2) is 11.3 Å². The zero-order valence-electron chi connectivity index (χ0n) is 27.6. The number of ketones is 1. The van der Waals surface area contributed by atoms with Gasteiger partial charge in [-0.05, 0) is 30.8 Å². The summed E-state index contributed by atoms with van der Waals surface area (Å²) in [5, 5.41) is 76.3. The van der Waals surface area contributed by atoms with E-state index in [1.165, 1.54) is 13.8 Å². The van der Waals surface area contributed by atoms with Crippen molar-refractivity contribution < 1.29 is 83.3 Å². The number of fused-ring (bicyclic) bond motifs is 2. The van der Waals surface area contributed by atoms with Crippen molar-refractivity contribution >= 4 is 23.7 Å². The lowest BCUT2D eigenvalue weighted by Crippen LogP contribution is -2.80. The summed E-state index contributed by atoms with van der Waals surface area (Å²) in [6.45, 7) is 5.32. The molecule has 3 aliphatic heterocycles. The molecule has 0 aromatic carbocycles. The smallest absolute Gasteiger partial charge is 0.348 e. The summed E-state index contributed by atoms with van der Waals surface area (Å²) in [6.07, 6.45) is -17.6. The minimum absolute atomic E-state index is 0.0954. The molecule has 49 heavy (non-hydrogen) atoms. The normalized spacial score (nSPS) is 48.8. The SMILES string of the molecule is COC(=O)C12OC[C@]34[C@H]([C@@H](O)[C@@H]1O)[C@@]1(C)[C@H](O)C(=O)C(O[C@@H]5O[C@H](CO)[C@@H](O)[C@H](O)[C@H]5O)=C(C)[C@@H]1C[C@H]3OC(=O)[C@H](OC(=O)CC(C)C)[C@@H]24. The van der Waals surface area contributed by atoms with E-state index >= 15 is 0 Å². The average Bonchev–Trinajstić information content (AvgIpc) is 3.36. The lowest BCUT2D eigenvalue weighted by molar-refractivity contribution is -0.303. The number of methoxy groups -OCH3 is 1. The standard InChI is InChI=1S/C32H44O17/c1-10(2)6-15(34)48-22-24-31-9-45-32(24,29(43)44-5)26(41)20(39)23(31)30(4)12(7-14(31)47-27(22)42)11(3)21(19(38)25(30)40)49-28-18(37)17(36)16(35)13(8-33)46-28/h10,12-14,16-18,20,22-26,28,33,35-37,39-41H,6-9H2,1-5H3/t12-,13+,14+,16+,17-,18+,20+,22+,23+,24+,25+,26-,28-,30-,31+,32?/m0/s1. The molecule has 1 spiro atoms. The highest BCUT2D eigenvalue weighted by Crippen LogP contribution is 2.73. The Balaban J connectivity index is 1.46. The van der Waals surface area contributed by atoms with Gasteiger partial charge in [-0.1, -0.05) is 20.8 Å². The molecule has 0 aromatic heterocycles. The van der Waals surface area contributed by atoms with Crippen molar-refractivity contribution in [1.29, 1.82) is 0 Å². The van der Waals surface area contributed by atoms with Crippen LogP contribution in [0.4, 0.5) is 0 Å². The number of rotatable bonds is 7. The van der Waals surface area contributed by atoms with Gasteiger partial charge in [0.25, 0.3) is 0 Å². The molecule has 7 N–H and O–H groups in total. The van der Waals surface area contributed by atoms with E-state index in [4.69, 9.17) is 28.4 Å². The second-order valence-electron chi connectivity index (χ2n) is 14.8. The van der Waals surface area contributed by atoms with Crippen molar-refractivity contribution in [2.75, 3.05) is 20.3 Å². The van der Waals surface area contributed by atoms with Crippen LogP contribution in [0.3, 0.4) is 0 Å². The largest absolute Gasteiger partial charge is 0.467 e. The number of hydrogen-bond acceptors (Lipinski definition) is 17. The van der Waals surface area contributed by atoms with E-state index in [2.05, 4.69) is 0 Å². The fourth-order valence-electron chi connectivity index (χ4n) is 9.78. The molecule has 0 aromatic rings. The molecule has 2 bridgehead atoms. The zero-order chi connectivity index (χ0) is 36.1. The Morgan fingerprint density at radius 1 is 1.00 bits per heavy atom. The monoisotopic (exact) mass is 700 g/mol. The molecular weight excluding hydrogens is 656 g/mol. The average molecular weight is 701 g/mol. The van der Waals surface area contributed by atoms with E-state index in [1.54, 1.807) is 13.8 Å². The van der Waals surface area contributed by atoms with Crippen LogP contribution in [-0.2, 0) is 47.6 Å². The number of esters is 3. The Kier molecular flexibility index (Phi) is 8.98. The number of hydrogen-bond donors (Lipinski definition) is 7. The number of carbonyl (C=O) groups is 4. The van der Waals surface area contributed by atoms with E-state index in [0.29, 0.717) is 0 Å². The first-order valence-electron chi connectivity index (χ1n) is 16.3. The van der Waals surface area contributed by atoms with Gasteiger partial charge in [0.05, 0.1) is 32.3 Å². The summed E-state index contributed by atoms with van der Waals surface area (Å²) in [7, 11) is 1.03. The van der Waals surface area contributed by atoms with E-state index < -0.39 is 138 Å². The second-order valence-corrected chi connectivity index (χ2v) is 14.8. The van der Waals surface area contributed by atoms with Crippen LogP contribution >= 0.6 is 0 Å². The first-order valence-corrected chi connectivity index (χ1v) is 16.3. The van der Waals surface area contributed by atoms with Crippen molar-refractivity contribution in [3.05, 3.63) is 11.3 Å². The third kappa shape index (κ3) is 4.70. The first-order chi connectivity index (χ1) is 22.9. The lowest BCUT2D eigenvalue weighted by Gasteiger charge is -2.67. The fourth-order valence-corrected chi connectivity index (χ4v) is 9.78. The van der Waals surface area contributed by atoms with Crippen molar-refractivity contribution in [2.24, 2.45) is 34.5 Å². The van der Waals surface area contributed by atoms with Crippen molar-refractivity contribution in [2.45, 2.75) is 107 Å². The summed E-state index contributed by atoms with van der Waals surface area (Å²) in [5.74, 6) is -8.31.